The van der Waals surface area contributed by atoms with Crippen LogP contribution in [0.4, 0.5) is 0 Å². The molecule has 1 aromatic heterocycles. The lowest BCUT2D eigenvalue weighted by molar-refractivity contribution is 0.520. The van der Waals surface area contributed by atoms with E-state index in [1.54, 1.807) is 12.1 Å². The number of nitrogens with zero attached hydrogens (tertiary/aromatic N) is 2. The number of sulfonamides is 1. The molecule has 1 aliphatic carbocycles. The second-order valence-electron chi connectivity index (χ2n) is 6.33. The van der Waals surface area contributed by atoms with Crippen molar-refractivity contribution < 1.29 is 8.42 Å². The van der Waals surface area contributed by atoms with Crippen molar-refractivity contribution in [3.05, 3.63) is 71.9 Å². The van der Waals surface area contributed by atoms with E-state index in [0.717, 1.165) is 17.7 Å². The lowest BCUT2D eigenvalue weighted by Crippen LogP contribution is -2.22. The molecular weight excluding hydrogens is 332 g/mol. The molecule has 5 heteroatoms. The number of aromatic nitrogens is 1. The second-order valence-corrected chi connectivity index (χ2v) is 8.48. The molecule has 126 valence electrons. The molecule has 4 nitrogen and oxygen atoms in total. The van der Waals surface area contributed by atoms with Gasteiger partial charge in [0.25, 0.3) is 0 Å². The van der Waals surface area contributed by atoms with Gasteiger partial charge in [-0.3, -0.25) is 4.98 Å². The summed E-state index contributed by atoms with van der Waals surface area (Å²) in [5, 5.41) is 0. The Bertz CT molecular complexity index is 1060. The van der Waals surface area contributed by atoms with Crippen molar-refractivity contribution in [2.45, 2.75) is 11.3 Å². The number of benzene rings is 2. The van der Waals surface area contributed by atoms with Crippen LogP contribution in [0, 0.1) is 0 Å². The summed E-state index contributed by atoms with van der Waals surface area (Å²) in [4.78, 5) is 4.64. The SMILES string of the molecule is CN(C)S(=O)(=O)c1ccc(-c2cccc3c2Cc2ccccc2-3)nc1. The summed E-state index contributed by atoms with van der Waals surface area (Å²) in [6.45, 7) is 0. The molecule has 0 unspecified atom stereocenters. The van der Waals surface area contributed by atoms with Gasteiger partial charge in [-0.1, -0.05) is 42.5 Å². The minimum absolute atomic E-state index is 0.206. The van der Waals surface area contributed by atoms with Gasteiger partial charge in [-0.05, 0) is 40.8 Å². The molecule has 0 atom stereocenters. The van der Waals surface area contributed by atoms with E-state index in [-0.39, 0.29) is 4.90 Å². The van der Waals surface area contributed by atoms with Crippen LogP contribution < -0.4 is 0 Å². The number of fused-ring (bicyclic) bond motifs is 3. The van der Waals surface area contributed by atoms with Crippen molar-refractivity contribution in [2.24, 2.45) is 0 Å². The Morgan fingerprint density at radius 3 is 2.32 bits per heavy atom. The first-order valence-electron chi connectivity index (χ1n) is 8.07. The highest BCUT2D eigenvalue weighted by Gasteiger charge is 2.22. The van der Waals surface area contributed by atoms with Crippen molar-refractivity contribution in [1.29, 1.82) is 0 Å². The van der Waals surface area contributed by atoms with Gasteiger partial charge in [-0.25, -0.2) is 12.7 Å². The first-order valence-corrected chi connectivity index (χ1v) is 9.51. The fraction of sp³-hybridized carbons (Fsp3) is 0.150. The lowest BCUT2D eigenvalue weighted by atomic mass is 9.99. The molecule has 0 saturated carbocycles. The molecule has 1 aliphatic rings. The molecule has 0 saturated heterocycles. The van der Waals surface area contributed by atoms with Crippen LogP contribution in [0.2, 0.25) is 0 Å². The van der Waals surface area contributed by atoms with Gasteiger partial charge in [0.05, 0.1) is 5.69 Å². The highest BCUT2D eigenvalue weighted by Crippen LogP contribution is 2.40. The smallest absolute Gasteiger partial charge is 0.244 e. The molecule has 4 rings (SSSR count). The van der Waals surface area contributed by atoms with Crippen LogP contribution in [0.15, 0.2) is 65.7 Å². The molecule has 0 spiro atoms. The Morgan fingerprint density at radius 2 is 1.60 bits per heavy atom. The quantitative estimate of drug-likeness (QED) is 0.567. The molecule has 0 N–H and O–H groups in total. The normalized spacial score (nSPS) is 12.9. The van der Waals surface area contributed by atoms with Crippen molar-refractivity contribution in [3.63, 3.8) is 0 Å². The first-order chi connectivity index (χ1) is 12.0. The molecule has 0 fully saturated rings. The monoisotopic (exact) mass is 350 g/mol. The van der Waals surface area contributed by atoms with Crippen LogP contribution in [-0.2, 0) is 16.4 Å². The summed E-state index contributed by atoms with van der Waals surface area (Å²) in [5.74, 6) is 0. The minimum Gasteiger partial charge on any atom is -0.255 e. The zero-order chi connectivity index (χ0) is 17.6. The summed E-state index contributed by atoms with van der Waals surface area (Å²) < 4.78 is 25.6. The number of pyridine rings is 1. The third-order valence-corrected chi connectivity index (χ3v) is 6.44. The van der Waals surface area contributed by atoms with E-state index in [9.17, 15) is 8.42 Å². The van der Waals surface area contributed by atoms with Gasteiger partial charge in [0, 0.05) is 25.9 Å². The minimum atomic E-state index is -3.46. The summed E-state index contributed by atoms with van der Waals surface area (Å²) in [7, 11) is -0.423. The number of hydrogen-bond donors (Lipinski definition) is 0. The van der Waals surface area contributed by atoms with E-state index in [2.05, 4.69) is 35.3 Å². The predicted octanol–water partition coefficient (Wildman–Crippen LogP) is 3.57. The van der Waals surface area contributed by atoms with E-state index in [0.29, 0.717) is 0 Å². The predicted molar refractivity (Wildman–Crippen MR) is 98.8 cm³/mol. The standard InChI is InChI=1S/C20H18N2O2S/c1-22(2)25(23,24)15-10-11-20(21-13-15)18-9-5-8-17-16-7-4-3-6-14(16)12-19(17)18/h3-11,13H,12H2,1-2H3. The highest BCUT2D eigenvalue weighted by molar-refractivity contribution is 7.89. The Hall–Kier alpha value is -2.50. The fourth-order valence-corrected chi connectivity index (χ4v) is 4.15. The van der Waals surface area contributed by atoms with Crippen LogP contribution in [0.1, 0.15) is 11.1 Å². The van der Waals surface area contributed by atoms with Gasteiger partial charge in [-0.15, -0.1) is 0 Å². The maximum atomic E-state index is 12.2. The molecule has 2 aromatic carbocycles. The maximum absolute atomic E-state index is 12.2. The zero-order valence-electron chi connectivity index (χ0n) is 14.1. The molecular formula is C20H18N2O2S. The van der Waals surface area contributed by atoms with Crippen LogP contribution in [0.3, 0.4) is 0 Å². The van der Waals surface area contributed by atoms with Crippen molar-refractivity contribution >= 4 is 10.0 Å². The van der Waals surface area contributed by atoms with Crippen molar-refractivity contribution in [2.75, 3.05) is 14.1 Å². The second kappa shape index (κ2) is 5.79. The van der Waals surface area contributed by atoms with E-state index in [1.165, 1.54) is 46.9 Å². The number of rotatable bonds is 3. The average molecular weight is 350 g/mol. The van der Waals surface area contributed by atoms with Gasteiger partial charge in [0.2, 0.25) is 10.0 Å². The summed E-state index contributed by atoms with van der Waals surface area (Å²) >= 11 is 0. The highest BCUT2D eigenvalue weighted by atomic mass is 32.2. The molecule has 3 aromatic rings. The fourth-order valence-electron chi connectivity index (χ4n) is 3.30. The number of hydrogen-bond acceptors (Lipinski definition) is 3. The largest absolute Gasteiger partial charge is 0.255 e. The zero-order valence-corrected chi connectivity index (χ0v) is 14.9. The molecule has 0 amide bonds. The Kier molecular flexibility index (Phi) is 3.71. The average Bonchev–Trinajstić information content (AvgIpc) is 3.00. The summed E-state index contributed by atoms with van der Waals surface area (Å²) in [6.07, 6.45) is 2.31. The van der Waals surface area contributed by atoms with E-state index in [4.69, 9.17) is 0 Å². The molecule has 0 aliphatic heterocycles. The third-order valence-electron chi connectivity index (χ3n) is 4.64. The molecule has 25 heavy (non-hydrogen) atoms. The van der Waals surface area contributed by atoms with Gasteiger partial charge in [-0.2, -0.15) is 0 Å². The van der Waals surface area contributed by atoms with Crippen LogP contribution in [-0.4, -0.2) is 31.8 Å². The Balaban J connectivity index is 1.78. The van der Waals surface area contributed by atoms with Crippen LogP contribution >= 0.6 is 0 Å². The molecule has 0 radical (unpaired) electrons. The Morgan fingerprint density at radius 1 is 0.880 bits per heavy atom. The van der Waals surface area contributed by atoms with Gasteiger partial charge in [0.1, 0.15) is 4.90 Å². The Labute approximate surface area is 147 Å². The summed E-state index contributed by atoms with van der Waals surface area (Å²) in [6, 6.07) is 18.0. The lowest BCUT2D eigenvalue weighted by Gasteiger charge is -2.12. The van der Waals surface area contributed by atoms with E-state index >= 15 is 0 Å². The summed E-state index contributed by atoms with van der Waals surface area (Å²) in [5.41, 5.74) is 6.92. The van der Waals surface area contributed by atoms with Gasteiger partial charge in [0.15, 0.2) is 0 Å². The van der Waals surface area contributed by atoms with Gasteiger partial charge >= 0.3 is 0 Å². The van der Waals surface area contributed by atoms with Crippen molar-refractivity contribution in [1.82, 2.24) is 9.29 Å². The van der Waals surface area contributed by atoms with Crippen molar-refractivity contribution in [3.8, 4) is 22.4 Å². The van der Waals surface area contributed by atoms with Gasteiger partial charge < -0.3 is 0 Å². The van der Waals surface area contributed by atoms with E-state index in [1.807, 2.05) is 12.1 Å². The molecule has 1 heterocycles. The first kappa shape index (κ1) is 16.0. The maximum Gasteiger partial charge on any atom is 0.244 e. The topological polar surface area (TPSA) is 50.3 Å². The van der Waals surface area contributed by atoms with E-state index < -0.39 is 10.0 Å². The molecule has 0 bridgehead atoms. The third kappa shape index (κ3) is 2.56. The van der Waals surface area contributed by atoms with Crippen LogP contribution in [0.25, 0.3) is 22.4 Å². The van der Waals surface area contributed by atoms with Crippen LogP contribution in [0.5, 0.6) is 0 Å².